The first-order chi connectivity index (χ1) is 10.0. The van der Waals surface area contributed by atoms with Gasteiger partial charge in [-0.2, -0.15) is 0 Å². The van der Waals surface area contributed by atoms with E-state index >= 15 is 0 Å². The van der Waals surface area contributed by atoms with Crippen molar-refractivity contribution in [2.24, 2.45) is 0 Å². The van der Waals surface area contributed by atoms with Crippen LogP contribution in [0.4, 0.5) is 16.2 Å². The molecule has 2 aromatic carbocycles. The zero-order chi connectivity index (χ0) is 15.2. The summed E-state index contributed by atoms with van der Waals surface area (Å²) in [6.07, 6.45) is 0.128. The Morgan fingerprint density at radius 2 is 1.71 bits per heavy atom. The molecule has 0 unspecified atom stereocenters. The monoisotopic (exact) mass is 348 g/mol. The molecule has 2 rings (SSSR count). The fourth-order valence-electron chi connectivity index (χ4n) is 1.75. The van der Waals surface area contributed by atoms with E-state index in [1.165, 1.54) is 0 Å². The van der Waals surface area contributed by atoms with Gasteiger partial charge in [0.25, 0.3) is 0 Å². The maximum absolute atomic E-state index is 11.9. The fourth-order valence-corrected chi connectivity index (χ4v) is 2.15. The van der Waals surface area contributed by atoms with Gasteiger partial charge < -0.3 is 15.4 Å². The normalized spacial score (nSPS) is 10.3. The van der Waals surface area contributed by atoms with Gasteiger partial charge in [0.05, 0.1) is 6.10 Å². The second-order valence-electron chi connectivity index (χ2n) is 4.78. The molecule has 0 aliphatic heterocycles. The summed E-state index contributed by atoms with van der Waals surface area (Å²) in [6, 6.07) is 14.4. The maximum Gasteiger partial charge on any atom is 0.323 e. The van der Waals surface area contributed by atoms with Crippen LogP contribution in [0.5, 0.6) is 5.75 Å². The maximum atomic E-state index is 11.9. The Morgan fingerprint density at radius 3 is 2.33 bits per heavy atom. The van der Waals surface area contributed by atoms with E-state index in [0.717, 1.165) is 15.9 Å². The van der Waals surface area contributed by atoms with Gasteiger partial charge >= 0.3 is 6.03 Å². The van der Waals surface area contributed by atoms with E-state index in [9.17, 15) is 4.79 Å². The molecule has 0 aliphatic carbocycles. The van der Waals surface area contributed by atoms with Crippen molar-refractivity contribution >= 4 is 33.3 Å². The minimum absolute atomic E-state index is 0.128. The summed E-state index contributed by atoms with van der Waals surface area (Å²) in [5.41, 5.74) is 1.43. The van der Waals surface area contributed by atoms with E-state index in [0.29, 0.717) is 5.69 Å². The predicted octanol–water partition coefficient (Wildman–Crippen LogP) is 4.88. The van der Waals surface area contributed by atoms with Crippen LogP contribution in [0.15, 0.2) is 53.0 Å². The van der Waals surface area contributed by atoms with Crippen LogP contribution in [-0.4, -0.2) is 12.1 Å². The highest BCUT2D eigenvalue weighted by molar-refractivity contribution is 9.10. The SMILES string of the molecule is CC(C)Oc1ccc(NC(=O)Nc2cccc(Br)c2)cc1. The quantitative estimate of drug-likeness (QED) is 0.827. The van der Waals surface area contributed by atoms with Gasteiger partial charge in [-0.05, 0) is 56.3 Å². The summed E-state index contributed by atoms with van der Waals surface area (Å²) in [5.74, 6) is 0.781. The van der Waals surface area contributed by atoms with Crippen molar-refractivity contribution in [1.82, 2.24) is 0 Å². The molecular weight excluding hydrogens is 332 g/mol. The van der Waals surface area contributed by atoms with Crippen LogP contribution in [0.2, 0.25) is 0 Å². The minimum atomic E-state index is -0.286. The lowest BCUT2D eigenvalue weighted by Crippen LogP contribution is -2.19. The van der Waals surface area contributed by atoms with Crippen LogP contribution in [0.25, 0.3) is 0 Å². The molecule has 0 aromatic heterocycles. The number of urea groups is 1. The summed E-state index contributed by atoms with van der Waals surface area (Å²) >= 11 is 3.36. The Kier molecular flexibility index (Phi) is 5.22. The van der Waals surface area contributed by atoms with Gasteiger partial charge in [-0.1, -0.05) is 22.0 Å². The number of rotatable bonds is 4. The molecule has 4 nitrogen and oxygen atoms in total. The first-order valence-electron chi connectivity index (χ1n) is 6.63. The highest BCUT2D eigenvalue weighted by Crippen LogP contribution is 2.18. The van der Waals surface area contributed by atoms with Crippen molar-refractivity contribution in [1.29, 1.82) is 0 Å². The average Bonchev–Trinajstić information content (AvgIpc) is 2.40. The van der Waals surface area contributed by atoms with Crippen molar-refractivity contribution in [3.63, 3.8) is 0 Å². The number of amides is 2. The molecule has 0 saturated carbocycles. The van der Waals surface area contributed by atoms with Crippen molar-refractivity contribution < 1.29 is 9.53 Å². The second-order valence-corrected chi connectivity index (χ2v) is 5.70. The smallest absolute Gasteiger partial charge is 0.323 e. The number of benzene rings is 2. The lowest BCUT2D eigenvalue weighted by molar-refractivity contribution is 0.242. The first-order valence-corrected chi connectivity index (χ1v) is 7.42. The van der Waals surface area contributed by atoms with E-state index in [1.54, 1.807) is 12.1 Å². The Bertz CT molecular complexity index is 612. The van der Waals surface area contributed by atoms with Gasteiger partial charge in [-0.25, -0.2) is 4.79 Å². The predicted molar refractivity (Wildman–Crippen MR) is 89.0 cm³/mol. The molecule has 0 aliphatic rings. The molecule has 0 radical (unpaired) electrons. The third-order valence-corrected chi connectivity index (χ3v) is 3.06. The highest BCUT2D eigenvalue weighted by atomic mass is 79.9. The zero-order valence-corrected chi connectivity index (χ0v) is 13.5. The molecule has 2 N–H and O–H groups in total. The topological polar surface area (TPSA) is 50.4 Å². The van der Waals surface area contributed by atoms with E-state index in [-0.39, 0.29) is 12.1 Å². The van der Waals surface area contributed by atoms with Crippen molar-refractivity contribution in [2.75, 3.05) is 10.6 Å². The van der Waals surface area contributed by atoms with Crippen LogP contribution in [0, 0.1) is 0 Å². The molecule has 5 heteroatoms. The number of hydrogen-bond donors (Lipinski definition) is 2. The number of halogens is 1. The van der Waals surface area contributed by atoms with Gasteiger partial charge in [0.1, 0.15) is 5.75 Å². The Labute approximate surface area is 132 Å². The van der Waals surface area contributed by atoms with Crippen molar-refractivity contribution in [3.05, 3.63) is 53.0 Å². The summed E-state index contributed by atoms with van der Waals surface area (Å²) in [5, 5.41) is 5.54. The van der Waals surface area contributed by atoms with Crippen LogP contribution in [0.1, 0.15) is 13.8 Å². The molecule has 0 spiro atoms. The van der Waals surface area contributed by atoms with Gasteiger partial charge in [-0.3, -0.25) is 0 Å². The van der Waals surface area contributed by atoms with Crippen LogP contribution in [0.3, 0.4) is 0 Å². The van der Waals surface area contributed by atoms with Gasteiger partial charge in [0.15, 0.2) is 0 Å². The Hall–Kier alpha value is -2.01. The number of carbonyl (C=O) groups excluding carboxylic acids is 1. The van der Waals surface area contributed by atoms with Crippen LogP contribution in [-0.2, 0) is 0 Å². The second kappa shape index (κ2) is 7.13. The summed E-state index contributed by atoms with van der Waals surface area (Å²) in [7, 11) is 0. The Morgan fingerprint density at radius 1 is 1.05 bits per heavy atom. The minimum Gasteiger partial charge on any atom is -0.491 e. The molecule has 0 saturated heterocycles. The lowest BCUT2D eigenvalue weighted by Gasteiger charge is -2.11. The van der Waals surface area contributed by atoms with Crippen molar-refractivity contribution in [2.45, 2.75) is 20.0 Å². The third kappa shape index (κ3) is 5.11. The summed E-state index contributed by atoms with van der Waals surface area (Å²) in [4.78, 5) is 11.9. The highest BCUT2D eigenvalue weighted by Gasteiger charge is 2.04. The van der Waals surface area contributed by atoms with Gasteiger partial charge in [-0.15, -0.1) is 0 Å². The number of anilines is 2. The summed E-state index contributed by atoms with van der Waals surface area (Å²) in [6.45, 7) is 3.94. The van der Waals surface area contributed by atoms with Gasteiger partial charge in [0.2, 0.25) is 0 Å². The lowest BCUT2D eigenvalue weighted by atomic mass is 10.3. The summed E-state index contributed by atoms with van der Waals surface area (Å²) < 4.78 is 6.46. The fraction of sp³-hybridized carbons (Fsp3) is 0.188. The van der Waals surface area contributed by atoms with Gasteiger partial charge in [0, 0.05) is 15.8 Å². The third-order valence-electron chi connectivity index (χ3n) is 2.57. The number of nitrogens with one attached hydrogen (secondary N) is 2. The van der Waals surface area contributed by atoms with E-state index in [4.69, 9.17) is 4.74 Å². The number of carbonyl (C=O) groups is 1. The molecule has 0 atom stereocenters. The standard InChI is InChI=1S/C16H17BrN2O2/c1-11(2)21-15-8-6-13(7-9-15)18-16(20)19-14-5-3-4-12(17)10-14/h3-11H,1-2H3,(H2,18,19,20). The number of hydrogen-bond acceptors (Lipinski definition) is 2. The molecule has 2 amide bonds. The molecule has 110 valence electrons. The Balaban J connectivity index is 1.93. The largest absolute Gasteiger partial charge is 0.491 e. The molecule has 21 heavy (non-hydrogen) atoms. The van der Waals surface area contributed by atoms with E-state index in [1.807, 2.05) is 50.2 Å². The first kappa shape index (κ1) is 15.4. The average molecular weight is 349 g/mol. The number of ether oxygens (including phenoxy) is 1. The van der Waals surface area contributed by atoms with E-state index < -0.39 is 0 Å². The molecule has 0 bridgehead atoms. The van der Waals surface area contributed by atoms with Crippen LogP contribution >= 0.6 is 15.9 Å². The molecule has 0 heterocycles. The van der Waals surface area contributed by atoms with Crippen molar-refractivity contribution in [3.8, 4) is 5.75 Å². The van der Waals surface area contributed by atoms with E-state index in [2.05, 4.69) is 26.6 Å². The molecule has 2 aromatic rings. The molecular formula is C16H17BrN2O2. The van der Waals surface area contributed by atoms with Crippen LogP contribution < -0.4 is 15.4 Å². The molecule has 0 fully saturated rings. The zero-order valence-electron chi connectivity index (χ0n) is 11.9.